The average molecular weight is 152 g/mol. The van der Waals surface area contributed by atoms with E-state index in [4.69, 9.17) is 3.57 Å². The number of rotatable bonds is 0. The minimum atomic E-state index is 0.125. The summed E-state index contributed by atoms with van der Waals surface area (Å²) in [5, 5.41) is 0. The zero-order chi connectivity index (χ0) is 5.54. The SMILES string of the molecule is C1CCCC1.[O]=[Zn]. The van der Waals surface area contributed by atoms with Crippen molar-refractivity contribution >= 4 is 0 Å². The van der Waals surface area contributed by atoms with Crippen molar-refractivity contribution in [3.8, 4) is 0 Å². The molecule has 0 spiro atoms. The summed E-state index contributed by atoms with van der Waals surface area (Å²) in [6.07, 6.45) is 7.50. The number of hydrogen-bond donors (Lipinski definition) is 0. The molecule has 1 nitrogen and oxygen atoms in total. The summed E-state index contributed by atoms with van der Waals surface area (Å²) in [7, 11) is 0. The van der Waals surface area contributed by atoms with Gasteiger partial charge in [-0.15, -0.1) is 0 Å². The third kappa shape index (κ3) is 4.27. The van der Waals surface area contributed by atoms with Crippen molar-refractivity contribution in [1.29, 1.82) is 0 Å². The normalized spacial score (nSPS) is 18.0. The van der Waals surface area contributed by atoms with E-state index < -0.39 is 0 Å². The van der Waals surface area contributed by atoms with E-state index in [0.717, 1.165) is 0 Å². The van der Waals surface area contributed by atoms with Crippen molar-refractivity contribution in [3.05, 3.63) is 0 Å². The van der Waals surface area contributed by atoms with Crippen LogP contribution in [0.5, 0.6) is 0 Å². The van der Waals surface area contributed by atoms with Crippen LogP contribution in [-0.2, 0) is 21.8 Å². The summed E-state index contributed by atoms with van der Waals surface area (Å²) in [6, 6.07) is 0. The van der Waals surface area contributed by atoms with Crippen LogP contribution >= 0.6 is 0 Å². The van der Waals surface area contributed by atoms with Crippen molar-refractivity contribution in [2.45, 2.75) is 32.1 Å². The van der Waals surface area contributed by atoms with Crippen LogP contribution in [0, 0.1) is 0 Å². The Labute approximate surface area is 54.4 Å². The molecule has 0 atom stereocenters. The Balaban J connectivity index is 0.000000162. The summed E-state index contributed by atoms with van der Waals surface area (Å²) >= 11 is 0.125. The Hall–Kier alpha value is 0.423. The molecular formula is C5H10OZn. The zero-order valence-electron chi connectivity index (χ0n) is 4.65. The predicted molar refractivity (Wildman–Crippen MR) is 23.8 cm³/mol. The molecule has 0 N–H and O–H groups in total. The van der Waals surface area contributed by atoms with Crippen LogP contribution in [0.25, 0.3) is 0 Å². The molecule has 1 fully saturated rings. The fraction of sp³-hybridized carbons (Fsp3) is 1.00. The van der Waals surface area contributed by atoms with Crippen LogP contribution < -0.4 is 0 Å². The van der Waals surface area contributed by atoms with E-state index in [9.17, 15) is 0 Å². The Morgan fingerprint density at radius 3 is 1.00 bits per heavy atom. The molecule has 0 heterocycles. The van der Waals surface area contributed by atoms with E-state index >= 15 is 0 Å². The van der Waals surface area contributed by atoms with Crippen LogP contribution in [0.2, 0.25) is 0 Å². The Kier molecular flexibility index (Phi) is 6.81. The molecule has 0 amide bonds. The summed E-state index contributed by atoms with van der Waals surface area (Å²) < 4.78 is 8.38. The van der Waals surface area contributed by atoms with Gasteiger partial charge in [-0.2, -0.15) is 0 Å². The molecular weight excluding hydrogens is 141 g/mol. The maximum atomic E-state index is 8.38. The first-order chi connectivity index (χ1) is 3.50. The fourth-order valence-corrected chi connectivity index (χ4v) is 0.884. The molecule has 0 radical (unpaired) electrons. The van der Waals surface area contributed by atoms with Crippen LogP contribution in [0.15, 0.2) is 0 Å². The Morgan fingerprint density at radius 1 is 0.714 bits per heavy atom. The standard InChI is InChI=1S/C5H10.O.Zn/c1-2-4-5-3-1;;/h1-5H2;;. The van der Waals surface area contributed by atoms with Gasteiger partial charge in [-0.25, -0.2) is 0 Å². The molecule has 7 heavy (non-hydrogen) atoms. The van der Waals surface area contributed by atoms with Gasteiger partial charge in [0.2, 0.25) is 0 Å². The van der Waals surface area contributed by atoms with Crippen molar-refractivity contribution < 1.29 is 21.8 Å². The first-order valence-electron chi connectivity index (χ1n) is 2.79. The van der Waals surface area contributed by atoms with Gasteiger partial charge in [0.15, 0.2) is 0 Å². The molecule has 38 valence electrons. The van der Waals surface area contributed by atoms with Crippen molar-refractivity contribution in [1.82, 2.24) is 0 Å². The monoisotopic (exact) mass is 150 g/mol. The zero-order valence-corrected chi connectivity index (χ0v) is 7.62. The van der Waals surface area contributed by atoms with Gasteiger partial charge in [0, 0.05) is 0 Å². The summed E-state index contributed by atoms with van der Waals surface area (Å²) in [6.45, 7) is 0. The van der Waals surface area contributed by atoms with Gasteiger partial charge in [0.1, 0.15) is 0 Å². The van der Waals surface area contributed by atoms with Crippen LogP contribution in [-0.4, -0.2) is 0 Å². The van der Waals surface area contributed by atoms with E-state index in [2.05, 4.69) is 0 Å². The topological polar surface area (TPSA) is 17.1 Å². The van der Waals surface area contributed by atoms with Gasteiger partial charge in [-0.1, -0.05) is 32.1 Å². The summed E-state index contributed by atoms with van der Waals surface area (Å²) in [5.41, 5.74) is 0. The fourth-order valence-electron chi connectivity index (χ4n) is 0.884. The molecule has 0 unspecified atom stereocenters. The average Bonchev–Trinajstić information content (AvgIpc) is 2.23. The molecule has 0 bridgehead atoms. The molecule has 2 heteroatoms. The molecule has 1 saturated carbocycles. The molecule has 1 aliphatic rings. The second-order valence-electron chi connectivity index (χ2n) is 1.77. The van der Waals surface area contributed by atoms with E-state index in [1.807, 2.05) is 0 Å². The quantitative estimate of drug-likeness (QED) is 0.483. The summed E-state index contributed by atoms with van der Waals surface area (Å²) in [5.74, 6) is 0. The van der Waals surface area contributed by atoms with Crippen LogP contribution in [0.4, 0.5) is 0 Å². The van der Waals surface area contributed by atoms with E-state index in [1.165, 1.54) is 32.1 Å². The summed E-state index contributed by atoms with van der Waals surface area (Å²) in [4.78, 5) is 0. The predicted octanol–water partition coefficient (Wildman–Crippen LogP) is 1.83. The van der Waals surface area contributed by atoms with Crippen LogP contribution in [0.1, 0.15) is 32.1 Å². The van der Waals surface area contributed by atoms with Gasteiger partial charge < -0.3 is 0 Å². The second kappa shape index (κ2) is 6.42. The first kappa shape index (κ1) is 7.42. The third-order valence-electron chi connectivity index (χ3n) is 1.25. The number of hydrogen-bond acceptors (Lipinski definition) is 1. The minimum absolute atomic E-state index is 0.125. The molecule has 1 aliphatic carbocycles. The van der Waals surface area contributed by atoms with Crippen LogP contribution in [0.3, 0.4) is 0 Å². The van der Waals surface area contributed by atoms with Crippen molar-refractivity contribution in [3.63, 3.8) is 0 Å². The van der Waals surface area contributed by atoms with Gasteiger partial charge >= 0.3 is 21.8 Å². The first-order valence-corrected chi connectivity index (χ1v) is 4.00. The van der Waals surface area contributed by atoms with Gasteiger partial charge in [-0.05, 0) is 0 Å². The van der Waals surface area contributed by atoms with E-state index in [-0.39, 0.29) is 18.3 Å². The van der Waals surface area contributed by atoms with Crippen molar-refractivity contribution in [2.75, 3.05) is 0 Å². The maximum absolute atomic E-state index is 8.38. The van der Waals surface area contributed by atoms with Gasteiger partial charge in [0.05, 0.1) is 0 Å². The third-order valence-corrected chi connectivity index (χ3v) is 1.25. The molecule has 1 rings (SSSR count). The van der Waals surface area contributed by atoms with E-state index in [0.29, 0.717) is 0 Å². The Bertz CT molecular complexity index is 27.5. The van der Waals surface area contributed by atoms with E-state index in [1.54, 1.807) is 0 Å². The molecule has 0 aromatic rings. The molecule has 0 saturated heterocycles. The van der Waals surface area contributed by atoms with Gasteiger partial charge in [0.25, 0.3) is 0 Å². The molecule has 0 aromatic carbocycles. The molecule has 0 aromatic heterocycles. The molecule has 0 aliphatic heterocycles. The second-order valence-corrected chi connectivity index (χ2v) is 1.77. The Morgan fingerprint density at radius 2 is 0.857 bits per heavy atom. The van der Waals surface area contributed by atoms with Crippen molar-refractivity contribution in [2.24, 2.45) is 0 Å². The van der Waals surface area contributed by atoms with Gasteiger partial charge in [-0.3, -0.25) is 0 Å².